The zero-order chi connectivity index (χ0) is 34.1. The fourth-order valence-electron chi connectivity index (χ4n) is 6.50. The van der Waals surface area contributed by atoms with Gasteiger partial charge in [0.1, 0.15) is 5.82 Å². The average Bonchev–Trinajstić information content (AvgIpc) is 3.12. The van der Waals surface area contributed by atoms with Crippen LogP contribution in [0.3, 0.4) is 0 Å². The van der Waals surface area contributed by atoms with Crippen molar-refractivity contribution in [2.24, 2.45) is 0 Å². The van der Waals surface area contributed by atoms with Crippen molar-refractivity contribution < 1.29 is 4.39 Å². The SMILES string of the molecule is CC(c1ccccc1)N(C)CCC(c1ccccc1)c1ccccc1.CCCCCC(c1ccc(F)cc1)c1cccc(CN(C)C)c1. The zero-order valence-corrected chi connectivity index (χ0v) is 29.7. The lowest BCUT2D eigenvalue weighted by Gasteiger charge is -2.27. The second kappa shape index (κ2) is 19.7. The van der Waals surface area contributed by atoms with Gasteiger partial charge in [0.15, 0.2) is 0 Å². The van der Waals surface area contributed by atoms with Gasteiger partial charge < -0.3 is 4.90 Å². The van der Waals surface area contributed by atoms with Crippen LogP contribution in [0.2, 0.25) is 0 Å². The van der Waals surface area contributed by atoms with Crippen LogP contribution >= 0.6 is 0 Å². The Bertz CT molecular complexity index is 1530. The van der Waals surface area contributed by atoms with Gasteiger partial charge in [0.25, 0.3) is 0 Å². The molecule has 2 unspecified atom stereocenters. The van der Waals surface area contributed by atoms with Crippen molar-refractivity contribution >= 4 is 0 Å². The number of nitrogens with zero attached hydrogens (tertiary/aromatic N) is 2. The molecule has 0 bridgehead atoms. The first kappa shape index (κ1) is 36.8. The molecule has 0 N–H and O–H groups in total. The molecule has 5 aromatic rings. The second-order valence-corrected chi connectivity index (χ2v) is 13.3. The molecular weight excluding hydrogens is 588 g/mol. The Hall–Kier alpha value is -4.05. The molecule has 5 rings (SSSR count). The predicted octanol–water partition coefficient (Wildman–Crippen LogP) is 11.5. The lowest BCUT2D eigenvalue weighted by molar-refractivity contribution is 0.254. The van der Waals surface area contributed by atoms with E-state index in [4.69, 9.17) is 0 Å². The van der Waals surface area contributed by atoms with E-state index < -0.39 is 0 Å². The van der Waals surface area contributed by atoms with Gasteiger partial charge >= 0.3 is 0 Å². The number of benzene rings is 5. The highest BCUT2D eigenvalue weighted by Gasteiger charge is 2.18. The summed E-state index contributed by atoms with van der Waals surface area (Å²) in [6.07, 6.45) is 5.90. The van der Waals surface area contributed by atoms with Crippen molar-refractivity contribution in [1.82, 2.24) is 9.80 Å². The molecule has 3 heteroatoms. The van der Waals surface area contributed by atoms with Crippen molar-refractivity contribution in [3.63, 3.8) is 0 Å². The molecule has 0 spiro atoms. The first-order chi connectivity index (χ1) is 23.4. The van der Waals surface area contributed by atoms with E-state index in [1.54, 1.807) is 12.1 Å². The highest BCUT2D eigenvalue weighted by Crippen LogP contribution is 2.32. The Morgan fingerprint density at radius 3 is 1.58 bits per heavy atom. The summed E-state index contributed by atoms with van der Waals surface area (Å²) in [4.78, 5) is 4.64. The summed E-state index contributed by atoms with van der Waals surface area (Å²) >= 11 is 0. The molecular formula is C45H55FN2. The molecule has 2 atom stereocenters. The van der Waals surface area contributed by atoms with Gasteiger partial charge in [-0.3, -0.25) is 4.90 Å². The van der Waals surface area contributed by atoms with E-state index in [1.165, 1.54) is 52.6 Å². The molecule has 2 nitrogen and oxygen atoms in total. The fraction of sp³-hybridized carbons (Fsp3) is 0.333. The molecule has 0 aromatic heterocycles. The first-order valence-electron chi connectivity index (χ1n) is 17.7. The quantitative estimate of drug-likeness (QED) is 0.105. The minimum Gasteiger partial charge on any atom is -0.305 e. The van der Waals surface area contributed by atoms with E-state index in [-0.39, 0.29) is 5.82 Å². The van der Waals surface area contributed by atoms with E-state index in [9.17, 15) is 4.39 Å². The van der Waals surface area contributed by atoms with E-state index >= 15 is 0 Å². The maximum absolute atomic E-state index is 13.3. The normalized spacial score (nSPS) is 12.5. The summed E-state index contributed by atoms with van der Waals surface area (Å²) in [6.45, 7) is 6.52. The summed E-state index contributed by atoms with van der Waals surface area (Å²) in [5.74, 6) is 0.625. The van der Waals surface area contributed by atoms with Gasteiger partial charge in [0.05, 0.1) is 0 Å². The topological polar surface area (TPSA) is 6.48 Å². The zero-order valence-electron chi connectivity index (χ0n) is 29.7. The van der Waals surface area contributed by atoms with Crippen molar-refractivity contribution in [2.45, 2.75) is 70.4 Å². The number of hydrogen-bond donors (Lipinski definition) is 0. The summed E-state index contributed by atoms with van der Waals surface area (Å²) in [5.41, 5.74) is 8.05. The van der Waals surface area contributed by atoms with Gasteiger partial charge in [-0.15, -0.1) is 0 Å². The Kier molecular flexibility index (Phi) is 15.1. The van der Waals surface area contributed by atoms with Gasteiger partial charge in [-0.2, -0.15) is 0 Å². The monoisotopic (exact) mass is 642 g/mol. The van der Waals surface area contributed by atoms with Gasteiger partial charge in [0, 0.05) is 24.4 Å². The Labute approximate surface area is 290 Å². The summed E-state index contributed by atoms with van der Waals surface area (Å²) in [6, 6.07) is 48.8. The molecule has 0 amide bonds. The smallest absolute Gasteiger partial charge is 0.123 e. The van der Waals surface area contributed by atoms with Crippen LogP contribution in [0.1, 0.15) is 97.2 Å². The van der Waals surface area contributed by atoms with Crippen LogP contribution < -0.4 is 0 Å². The number of rotatable bonds is 15. The third-order valence-corrected chi connectivity index (χ3v) is 9.34. The highest BCUT2D eigenvalue weighted by atomic mass is 19.1. The Balaban J connectivity index is 0.000000218. The molecule has 0 heterocycles. The largest absolute Gasteiger partial charge is 0.305 e. The van der Waals surface area contributed by atoms with Crippen LogP contribution in [0.5, 0.6) is 0 Å². The van der Waals surface area contributed by atoms with Crippen molar-refractivity contribution in [3.8, 4) is 0 Å². The van der Waals surface area contributed by atoms with Crippen LogP contribution in [-0.2, 0) is 6.54 Å². The van der Waals surface area contributed by atoms with Crippen molar-refractivity contribution in [1.29, 1.82) is 0 Å². The Morgan fingerprint density at radius 2 is 1.04 bits per heavy atom. The van der Waals surface area contributed by atoms with Crippen LogP contribution in [0, 0.1) is 5.82 Å². The number of halogens is 1. The molecule has 0 aliphatic rings. The lowest BCUT2D eigenvalue weighted by atomic mass is 9.86. The third-order valence-electron chi connectivity index (χ3n) is 9.34. The molecule has 0 aliphatic heterocycles. The molecule has 0 saturated heterocycles. The minimum atomic E-state index is -0.164. The van der Waals surface area contributed by atoms with Gasteiger partial charge in [-0.1, -0.05) is 154 Å². The van der Waals surface area contributed by atoms with Crippen LogP contribution in [0.4, 0.5) is 4.39 Å². The van der Waals surface area contributed by atoms with Crippen molar-refractivity contribution in [3.05, 3.63) is 179 Å². The summed E-state index contributed by atoms with van der Waals surface area (Å²) in [5, 5.41) is 0. The second-order valence-electron chi connectivity index (χ2n) is 13.3. The number of hydrogen-bond acceptors (Lipinski definition) is 2. The summed E-state index contributed by atoms with van der Waals surface area (Å²) < 4.78 is 13.3. The van der Waals surface area contributed by atoms with E-state index in [0.717, 1.165) is 25.9 Å². The average molecular weight is 643 g/mol. The van der Waals surface area contributed by atoms with E-state index in [1.807, 2.05) is 12.1 Å². The van der Waals surface area contributed by atoms with Crippen LogP contribution in [0.25, 0.3) is 0 Å². The van der Waals surface area contributed by atoms with E-state index in [2.05, 4.69) is 160 Å². The molecule has 5 aromatic carbocycles. The van der Waals surface area contributed by atoms with Crippen molar-refractivity contribution in [2.75, 3.05) is 27.7 Å². The van der Waals surface area contributed by atoms with Crippen LogP contribution in [0.15, 0.2) is 140 Å². The molecule has 0 aliphatic carbocycles. The molecule has 0 fully saturated rings. The third kappa shape index (κ3) is 11.6. The highest BCUT2D eigenvalue weighted by molar-refractivity contribution is 5.35. The molecule has 252 valence electrons. The fourth-order valence-corrected chi connectivity index (χ4v) is 6.50. The Morgan fingerprint density at radius 1 is 0.542 bits per heavy atom. The molecule has 0 saturated carbocycles. The first-order valence-corrected chi connectivity index (χ1v) is 17.7. The summed E-state index contributed by atoms with van der Waals surface area (Å²) in [7, 11) is 6.40. The number of unbranched alkanes of at least 4 members (excludes halogenated alkanes) is 2. The lowest BCUT2D eigenvalue weighted by Crippen LogP contribution is -2.25. The van der Waals surface area contributed by atoms with Gasteiger partial charge in [-0.25, -0.2) is 4.39 Å². The maximum Gasteiger partial charge on any atom is 0.123 e. The van der Waals surface area contributed by atoms with E-state index in [0.29, 0.717) is 17.9 Å². The molecule has 48 heavy (non-hydrogen) atoms. The minimum absolute atomic E-state index is 0.164. The maximum atomic E-state index is 13.3. The van der Waals surface area contributed by atoms with Gasteiger partial charge in [0.2, 0.25) is 0 Å². The van der Waals surface area contributed by atoms with Gasteiger partial charge in [-0.05, 0) is 93.0 Å². The standard InChI is InChI=1S/C24H27N.C21H28FN/c1-20(21-12-6-3-7-13-21)25(2)19-18-24(22-14-8-4-9-15-22)23-16-10-5-11-17-23;1-4-5-6-10-21(18-11-13-20(22)14-12-18)19-9-7-8-17(15-19)16-23(2)3/h3-17,20,24H,18-19H2,1-2H3;7-9,11-15,21H,4-6,10,16H2,1-3H3. The molecule has 0 radical (unpaired) electrons. The van der Waals surface area contributed by atoms with Crippen LogP contribution in [-0.4, -0.2) is 37.5 Å². The predicted molar refractivity (Wildman–Crippen MR) is 203 cm³/mol.